The van der Waals surface area contributed by atoms with Crippen molar-refractivity contribution in [3.63, 3.8) is 0 Å². The van der Waals surface area contributed by atoms with Crippen LogP contribution >= 0.6 is 15.9 Å². The molecule has 0 saturated carbocycles. The molecule has 0 amide bonds. The van der Waals surface area contributed by atoms with Crippen molar-refractivity contribution in [2.75, 3.05) is 7.11 Å². The zero-order chi connectivity index (χ0) is 12.4. The van der Waals surface area contributed by atoms with Crippen LogP contribution in [0.1, 0.15) is 16.2 Å². The third-order valence-electron chi connectivity index (χ3n) is 2.29. The fourth-order valence-corrected chi connectivity index (χ4v) is 1.72. The van der Waals surface area contributed by atoms with Gasteiger partial charge in [0, 0.05) is 4.47 Å². The highest BCUT2D eigenvalue weighted by Gasteiger charge is 2.19. The van der Waals surface area contributed by atoms with E-state index < -0.39 is 5.97 Å². The molecule has 1 aromatic carbocycles. The number of carbonyl (C=O) groups is 1. The first kappa shape index (κ1) is 11.8. The van der Waals surface area contributed by atoms with Crippen LogP contribution in [0.2, 0.25) is 0 Å². The molecule has 1 aromatic heterocycles. The van der Waals surface area contributed by atoms with Gasteiger partial charge in [0.25, 0.3) is 0 Å². The van der Waals surface area contributed by atoms with E-state index in [0.717, 1.165) is 10.2 Å². The lowest BCUT2D eigenvalue weighted by Crippen LogP contribution is -2.11. The molecule has 5 nitrogen and oxygen atoms in total. The Morgan fingerprint density at radius 1 is 1.35 bits per heavy atom. The number of carbonyl (C=O) groups excluding carboxylic acids is 1. The van der Waals surface area contributed by atoms with Gasteiger partial charge >= 0.3 is 5.97 Å². The molecule has 0 fully saturated rings. The lowest BCUT2D eigenvalue weighted by atomic mass is 10.3. The number of hydrogen-bond donors (Lipinski definition) is 0. The average molecular weight is 296 g/mol. The third kappa shape index (κ3) is 2.21. The summed E-state index contributed by atoms with van der Waals surface area (Å²) in [5, 5.41) is 7.82. The van der Waals surface area contributed by atoms with Crippen LogP contribution in [0, 0.1) is 6.92 Å². The molecule has 2 aromatic rings. The summed E-state index contributed by atoms with van der Waals surface area (Å²) in [7, 11) is 1.33. The second-order valence-electron chi connectivity index (χ2n) is 3.40. The summed E-state index contributed by atoms with van der Waals surface area (Å²) in [6, 6.07) is 7.41. The van der Waals surface area contributed by atoms with Crippen LogP contribution in [-0.4, -0.2) is 28.1 Å². The van der Waals surface area contributed by atoms with Gasteiger partial charge in [0.2, 0.25) is 0 Å². The number of aryl methyl sites for hydroxylation is 1. The zero-order valence-electron chi connectivity index (χ0n) is 9.35. The SMILES string of the molecule is COC(=O)c1c(C)nnn1-c1ccc(Br)cc1. The van der Waals surface area contributed by atoms with E-state index in [4.69, 9.17) is 4.74 Å². The van der Waals surface area contributed by atoms with Gasteiger partial charge in [-0.1, -0.05) is 21.1 Å². The maximum absolute atomic E-state index is 11.6. The second-order valence-corrected chi connectivity index (χ2v) is 4.32. The van der Waals surface area contributed by atoms with Crippen LogP contribution < -0.4 is 0 Å². The number of aromatic nitrogens is 3. The Kier molecular flexibility index (Phi) is 3.23. The number of esters is 1. The van der Waals surface area contributed by atoms with Gasteiger partial charge in [0.15, 0.2) is 5.69 Å². The topological polar surface area (TPSA) is 57.0 Å². The normalized spacial score (nSPS) is 10.3. The van der Waals surface area contributed by atoms with Crippen LogP contribution in [0.3, 0.4) is 0 Å². The number of methoxy groups -OCH3 is 1. The van der Waals surface area contributed by atoms with Crippen molar-refractivity contribution in [3.05, 3.63) is 40.1 Å². The first-order valence-corrected chi connectivity index (χ1v) is 5.69. The minimum Gasteiger partial charge on any atom is -0.464 e. The Morgan fingerprint density at radius 2 is 2.00 bits per heavy atom. The molecule has 0 bridgehead atoms. The molecule has 1 heterocycles. The highest BCUT2D eigenvalue weighted by Crippen LogP contribution is 2.16. The van der Waals surface area contributed by atoms with E-state index in [9.17, 15) is 4.79 Å². The van der Waals surface area contributed by atoms with Gasteiger partial charge in [-0.05, 0) is 31.2 Å². The second kappa shape index (κ2) is 4.67. The van der Waals surface area contributed by atoms with E-state index >= 15 is 0 Å². The van der Waals surface area contributed by atoms with E-state index in [1.54, 1.807) is 6.92 Å². The molecule has 0 aliphatic heterocycles. The summed E-state index contributed by atoms with van der Waals surface area (Å²) < 4.78 is 7.13. The Hall–Kier alpha value is -1.69. The van der Waals surface area contributed by atoms with Crippen LogP contribution in [0.5, 0.6) is 0 Å². The van der Waals surface area contributed by atoms with Gasteiger partial charge < -0.3 is 4.74 Å². The van der Waals surface area contributed by atoms with E-state index in [2.05, 4.69) is 26.2 Å². The molecule has 88 valence electrons. The number of rotatable bonds is 2. The van der Waals surface area contributed by atoms with Crippen LogP contribution in [0.15, 0.2) is 28.7 Å². The first-order valence-electron chi connectivity index (χ1n) is 4.90. The Morgan fingerprint density at radius 3 is 2.59 bits per heavy atom. The predicted molar refractivity (Wildman–Crippen MR) is 65.1 cm³/mol. The van der Waals surface area contributed by atoms with Crippen molar-refractivity contribution >= 4 is 21.9 Å². The van der Waals surface area contributed by atoms with Gasteiger partial charge in [-0.3, -0.25) is 0 Å². The molecule has 0 N–H and O–H groups in total. The molecule has 0 saturated heterocycles. The van der Waals surface area contributed by atoms with Crippen molar-refractivity contribution in [1.29, 1.82) is 0 Å². The Labute approximate surface area is 107 Å². The molecule has 0 radical (unpaired) electrons. The highest BCUT2D eigenvalue weighted by molar-refractivity contribution is 9.10. The molecule has 0 atom stereocenters. The largest absolute Gasteiger partial charge is 0.464 e. The quantitative estimate of drug-likeness (QED) is 0.797. The number of halogens is 1. The molecule has 0 spiro atoms. The van der Waals surface area contributed by atoms with Gasteiger partial charge in [-0.15, -0.1) is 5.10 Å². The summed E-state index contributed by atoms with van der Waals surface area (Å²) in [5.41, 5.74) is 1.64. The third-order valence-corrected chi connectivity index (χ3v) is 2.82. The zero-order valence-corrected chi connectivity index (χ0v) is 10.9. The summed E-state index contributed by atoms with van der Waals surface area (Å²) in [6.07, 6.45) is 0. The summed E-state index contributed by atoms with van der Waals surface area (Å²) >= 11 is 3.35. The number of hydrogen-bond acceptors (Lipinski definition) is 4. The summed E-state index contributed by atoms with van der Waals surface area (Å²) in [5.74, 6) is -0.449. The van der Waals surface area contributed by atoms with E-state index in [1.807, 2.05) is 24.3 Å². The van der Waals surface area contributed by atoms with Crippen molar-refractivity contribution in [2.24, 2.45) is 0 Å². The molecular formula is C11H10BrN3O2. The smallest absolute Gasteiger partial charge is 0.358 e. The van der Waals surface area contributed by atoms with E-state index in [0.29, 0.717) is 11.4 Å². The number of ether oxygens (including phenoxy) is 1. The van der Waals surface area contributed by atoms with Crippen LogP contribution in [0.4, 0.5) is 0 Å². The van der Waals surface area contributed by atoms with Crippen molar-refractivity contribution in [2.45, 2.75) is 6.92 Å². The lowest BCUT2D eigenvalue weighted by Gasteiger charge is -2.05. The lowest BCUT2D eigenvalue weighted by molar-refractivity contribution is 0.0589. The summed E-state index contributed by atoms with van der Waals surface area (Å²) in [6.45, 7) is 1.72. The minimum absolute atomic E-state index is 0.342. The Balaban J connectivity index is 2.52. The van der Waals surface area contributed by atoms with Crippen molar-refractivity contribution < 1.29 is 9.53 Å². The molecule has 6 heteroatoms. The van der Waals surface area contributed by atoms with Gasteiger partial charge in [0.05, 0.1) is 18.5 Å². The molecule has 0 aliphatic rings. The van der Waals surface area contributed by atoms with E-state index in [1.165, 1.54) is 11.8 Å². The van der Waals surface area contributed by atoms with Crippen LogP contribution in [0.25, 0.3) is 5.69 Å². The predicted octanol–water partition coefficient (Wildman–Crippen LogP) is 2.12. The van der Waals surface area contributed by atoms with Gasteiger partial charge in [-0.25, -0.2) is 9.48 Å². The first-order chi connectivity index (χ1) is 8.13. The fourth-order valence-electron chi connectivity index (χ4n) is 1.45. The average Bonchev–Trinajstić information content (AvgIpc) is 2.71. The van der Waals surface area contributed by atoms with Gasteiger partial charge in [0.1, 0.15) is 0 Å². The van der Waals surface area contributed by atoms with Crippen LogP contribution in [-0.2, 0) is 4.74 Å². The molecule has 17 heavy (non-hydrogen) atoms. The molecule has 0 unspecified atom stereocenters. The monoisotopic (exact) mass is 295 g/mol. The standard InChI is InChI=1S/C11H10BrN3O2/c1-7-10(11(16)17-2)15(14-13-7)9-5-3-8(12)4-6-9/h3-6H,1-2H3. The van der Waals surface area contributed by atoms with Gasteiger partial charge in [-0.2, -0.15) is 0 Å². The van der Waals surface area contributed by atoms with E-state index in [-0.39, 0.29) is 0 Å². The molecule has 2 rings (SSSR count). The maximum atomic E-state index is 11.6. The van der Waals surface area contributed by atoms with Crippen molar-refractivity contribution in [3.8, 4) is 5.69 Å². The highest BCUT2D eigenvalue weighted by atomic mass is 79.9. The maximum Gasteiger partial charge on any atom is 0.358 e. The number of benzene rings is 1. The number of nitrogens with zero attached hydrogens (tertiary/aromatic N) is 3. The van der Waals surface area contributed by atoms with Crippen molar-refractivity contribution in [1.82, 2.24) is 15.0 Å². The molecular weight excluding hydrogens is 286 g/mol. The molecule has 0 aliphatic carbocycles. The Bertz CT molecular complexity index is 548. The minimum atomic E-state index is -0.449. The summed E-state index contributed by atoms with van der Waals surface area (Å²) in [4.78, 5) is 11.6. The fraction of sp³-hybridized carbons (Fsp3) is 0.182.